The average molecular weight is 169 g/mol. The normalized spacial score (nSPS) is 20.1. The van der Waals surface area contributed by atoms with Crippen molar-refractivity contribution >= 4 is 11.6 Å². The van der Waals surface area contributed by atoms with Crippen LogP contribution in [-0.2, 0) is 0 Å². The van der Waals surface area contributed by atoms with Crippen LogP contribution in [0.3, 0.4) is 0 Å². The minimum Gasteiger partial charge on any atom is -0.392 e. The zero-order valence-corrected chi connectivity index (χ0v) is 6.62. The summed E-state index contributed by atoms with van der Waals surface area (Å²) in [7, 11) is 0. The lowest BCUT2D eigenvalue weighted by Crippen LogP contribution is -2.28. The third-order valence-electron chi connectivity index (χ3n) is 1.25. The maximum Gasteiger partial charge on any atom is 0.0821 e. The highest BCUT2D eigenvalue weighted by Crippen LogP contribution is 2.03. The average Bonchev–Trinajstić information content (AvgIpc) is 1.87. The first-order valence-corrected chi connectivity index (χ1v) is 3.71. The fourth-order valence-electron chi connectivity index (χ4n) is 0.539. The second kappa shape index (κ2) is 4.91. The van der Waals surface area contributed by atoms with Crippen LogP contribution >= 0.6 is 11.6 Å². The molecular weight excluding hydrogens is 156 g/mol. The van der Waals surface area contributed by atoms with Gasteiger partial charge in [0.15, 0.2) is 0 Å². The molecule has 0 saturated heterocycles. The lowest BCUT2D eigenvalue weighted by Gasteiger charge is -2.15. The van der Waals surface area contributed by atoms with E-state index < -0.39 is 18.3 Å². The van der Waals surface area contributed by atoms with Gasteiger partial charge in [0, 0.05) is 12.3 Å². The Balaban J connectivity index is 3.46. The molecule has 4 heteroatoms. The molecule has 0 aliphatic rings. The van der Waals surface area contributed by atoms with Gasteiger partial charge in [-0.2, -0.15) is 0 Å². The number of hydrogen-bond donors (Lipinski definition) is 3. The summed E-state index contributed by atoms with van der Waals surface area (Å²) >= 11 is 5.26. The number of hydrogen-bond acceptors (Lipinski definition) is 3. The zero-order chi connectivity index (χ0) is 8.15. The molecule has 0 aromatic carbocycles. The summed E-state index contributed by atoms with van der Waals surface area (Å²) in [6, 6.07) is 0. The van der Waals surface area contributed by atoms with E-state index >= 15 is 0 Å². The fourth-order valence-corrected chi connectivity index (χ4v) is 0.665. The number of aliphatic hydroxyl groups is 3. The lowest BCUT2D eigenvalue weighted by molar-refractivity contribution is 0.00148. The van der Waals surface area contributed by atoms with Gasteiger partial charge < -0.3 is 15.3 Å². The van der Waals surface area contributed by atoms with Crippen LogP contribution in [0, 0.1) is 0 Å². The van der Waals surface area contributed by atoms with Crippen LogP contribution < -0.4 is 0 Å². The zero-order valence-electron chi connectivity index (χ0n) is 5.87. The molecule has 0 amide bonds. The molecule has 0 bridgehead atoms. The van der Waals surface area contributed by atoms with E-state index in [1.54, 1.807) is 0 Å². The Bertz CT molecular complexity index is 87.1. The Kier molecular flexibility index (Phi) is 4.99. The van der Waals surface area contributed by atoms with Gasteiger partial charge >= 0.3 is 0 Å². The van der Waals surface area contributed by atoms with Crippen molar-refractivity contribution in [1.82, 2.24) is 0 Å². The van der Waals surface area contributed by atoms with E-state index in [-0.39, 0.29) is 12.3 Å². The quantitative estimate of drug-likeness (QED) is 0.506. The van der Waals surface area contributed by atoms with Crippen LogP contribution in [0.4, 0.5) is 0 Å². The maximum absolute atomic E-state index is 8.96. The van der Waals surface area contributed by atoms with E-state index in [2.05, 4.69) is 0 Å². The van der Waals surface area contributed by atoms with E-state index in [4.69, 9.17) is 26.9 Å². The smallest absolute Gasteiger partial charge is 0.0821 e. The highest BCUT2D eigenvalue weighted by atomic mass is 35.5. The van der Waals surface area contributed by atoms with Crippen molar-refractivity contribution in [3.05, 3.63) is 0 Å². The molecule has 62 valence electrons. The molecule has 0 spiro atoms. The van der Waals surface area contributed by atoms with Crippen LogP contribution in [0.5, 0.6) is 0 Å². The molecule has 3 N–H and O–H groups in total. The minimum atomic E-state index is -0.881. The first-order chi connectivity index (χ1) is 4.57. The lowest BCUT2D eigenvalue weighted by atomic mass is 10.1. The molecule has 0 fully saturated rings. The van der Waals surface area contributed by atoms with Gasteiger partial charge in [0.1, 0.15) is 0 Å². The summed E-state index contributed by atoms with van der Waals surface area (Å²) in [6.07, 6.45) is -2.29. The topological polar surface area (TPSA) is 60.7 Å². The van der Waals surface area contributed by atoms with E-state index in [0.29, 0.717) is 0 Å². The highest BCUT2D eigenvalue weighted by Gasteiger charge is 2.14. The van der Waals surface area contributed by atoms with Gasteiger partial charge in [-0.05, 0) is 6.92 Å². The summed E-state index contributed by atoms with van der Waals surface area (Å²) < 4.78 is 0. The minimum absolute atomic E-state index is 0.0871. The van der Waals surface area contributed by atoms with Gasteiger partial charge in [-0.25, -0.2) is 0 Å². The maximum atomic E-state index is 8.96. The molecule has 3 atom stereocenters. The molecule has 0 aliphatic carbocycles. The fraction of sp³-hybridized carbons (Fsp3) is 1.00. The van der Waals surface area contributed by atoms with Crippen molar-refractivity contribution in [2.45, 2.75) is 31.7 Å². The standard InChI is InChI=1S/C6H13ClO3/c1-4(8)6(10)2-5(9)3-7/h4-6,8-10H,2-3H2,1H3/t4-,5-,6-/m1/s1. The van der Waals surface area contributed by atoms with Gasteiger partial charge in [-0.15, -0.1) is 11.6 Å². The van der Waals surface area contributed by atoms with Crippen LogP contribution in [0.25, 0.3) is 0 Å². The molecule has 0 unspecified atom stereocenters. The van der Waals surface area contributed by atoms with Crippen molar-refractivity contribution in [3.63, 3.8) is 0 Å². The van der Waals surface area contributed by atoms with E-state index in [1.807, 2.05) is 0 Å². The van der Waals surface area contributed by atoms with Gasteiger partial charge in [0.2, 0.25) is 0 Å². The van der Waals surface area contributed by atoms with Crippen molar-refractivity contribution in [2.24, 2.45) is 0 Å². The monoisotopic (exact) mass is 168 g/mol. The van der Waals surface area contributed by atoms with Crippen molar-refractivity contribution in [1.29, 1.82) is 0 Å². The number of alkyl halides is 1. The Morgan fingerprint density at radius 2 is 1.80 bits per heavy atom. The molecule has 0 aliphatic heterocycles. The van der Waals surface area contributed by atoms with Crippen molar-refractivity contribution < 1.29 is 15.3 Å². The Hall–Kier alpha value is 0.170. The summed E-state index contributed by atoms with van der Waals surface area (Å²) in [5.41, 5.74) is 0. The summed E-state index contributed by atoms with van der Waals surface area (Å²) in [5.74, 6) is 0.0871. The predicted molar refractivity (Wildman–Crippen MR) is 39.0 cm³/mol. The van der Waals surface area contributed by atoms with Crippen LogP contribution in [0.15, 0.2) is 0 Å². The number of halogens is 1. The van der Waals surface area contributed by atoms with Gasteiger partial charge in [-0.3, -0.25) is 0 Å². The van der Waals surface area contributed by atoms with Crippen LogP contribution in [-0.4, -0.2) is 39.5 Å². The first-order valence-electron chi connectivity index (χ1n) is 3.18. The molecule has 0 radical (unpaired) electrons. The molecule has 0 heterocycles. The highest BCUT2D eigenvalue weighted by molar-refractivity contribution is 6.18. The third kappa shape index (κ3) is 4.06. The molecule has 0 saturated carbocycles. The molecule has 10 heavy (non-hydrogen) atoms. The van der Waals surface area contributed by atoms with Crippen molar-refractivity contribution in [3.8, 4) is 0 Å². The third-order valence-corrected chi connectivity index (χ3v) is 1.60. The SMILES string of the molecule is C[C@@H](O)[C@H](O)C[C@@H](O)CCl. The summed E-state index contributed by atoms with van der Waals surface area (Å²) in [6.45, 7) is 1.46. The second-order valence-electron chi connectivity index (χ2n) is 2.35. The van der Waals surface area contributed by atoms with Crippen LogP contribution in [0.1, 0.15) is 13.3 Å². The van der Waals surface area contributed by atoms with E-state index in [1.165, 1.54) is 6.92 Å². The Morgan fingerprint density at radius 3 is 2.10 bits per heavy atom. The molecular formula is C6H13ClO3. The molecule has 0 rings (SSSR count). The number of rotatable bonds is 4. The van der Waals surface area contributed by atoms with Crippen molar-refractivity contribution in [2.75, 3.05) is 5.88 Å². The van der Waals surface area contributed by atoms with Gasteiger partial charge in [0.25, 0.3) is 0 Å². The summed E-state index contributed by atoms with van der Waals surface area (Å²) in [4.78, 5) is 0. The van der Waals surface area contributed by atoms with Gasteiger partial charge in [-0.1, -0.05) is 0 Å². The number of aliphatic hydroxyl groups excluding tert-OH is 3. The summed E-state index contributed by atoms with van der Waals surface area (Å²) in [5, 5.41) is 26.6. The van der Waals surface area contributed by atoms with E-state index in [9.17, 15) is 0 Å². The Morgan fingerprint density at radius 1 is 1.30 bits per heavy atom. The predicted octanol–water partition coefficient (Wildman–Crippen LogP) is -0.282. The molecule has 0 aromatic heterocycles. The van der Waals surface area contributed by atoms with Crippen LogP contribution in [0.2, 0.25) is 0 Å². The van der Waals surface area contributed by atoms with Gasteiger partial charge in [0.05, 0.1) is 18.3 Å². The van der Waals surface area contributed by atoms with E-state index in [0.717, 1.165) is 0 Å². The second-order valence-corrected chi connectivity index (χ2v) is 2.66. The first kappa shape index (κ1) is 10.2. The largest absolute Gasteiger partial charge is 0.392 e. The Labute approximate surface area is 65.2 Å². The molecule has 3 nitrogen and oxygen atoms in total. The molecule has 0 aromatic rings.